The third-order valence-corrected chi connectivity index (χ3v) is 4.28. The second kappa shape index (κ2) is 5.95. The van der Waals surface area contributed by atoms with Crippen LogP contribution in [0.2, 0.25) is 0 Å². The Morgan fingerprint density at radius 2 is 2.25 bits per heavy atom. The normalized spacial score (nSPS) is 13.7. The van der Waals surface area contributed by atoms with Crippen molar-refractivity contribution < 1.29 is 8.42 Å². The van der Waals surface area contributed by atoms with E-state index in [1.54, 1.807) is 0 Å². The molecule has 0 radical (unpaired) electrons. The van der Waals surface area contributed by atoms with E-state index in [9.17, 15) is 8.42 Å². The second-order valence-electron chi connectivity index (χ2n) is 3.22. The molecule has 0 spiro atoms. The first-order valence-electron chi connectivity index (χ1n) is 4.68. The molecule has 1 aromatic heterocycles. The summed E-state index contributed by atoms with van der Waals surface area (Å²) in [6.07, 6.45) is 3.47. The van der Waals surface area contributed by atoms with Gasteiger partial charge in [-0.2, -0.15) is 0 Å². The Hall–Kier alpha value is -0.170. The van der Waals surface area contributed by atoms with Gasteiger partial charge in [-0.25, -0.2) is 13.1 Å². The van der Waals surface area contributed by atoms with E-state index in [1.807, 2.05) is 6.92 Å². The zero-order valence-corrected chi connectivity index (χ0v) is 11.8. The number of aromatic nitrogens is 1. The molecular weight excluding hydrogens is 316 g/mol. The fourth-order valence-electron chi connectivity index (χ4n) is 1.05. The zero-order valence-electron chi connectivity index (χ0n) is 8.65. The predicted molar refractivity (Wildman–Crippen MR) is 67.1 cm³/mol. The van der Waals surface area contributed by atoms with Crippen molar-refractivity contribution in [3.05, 3.63) is 22.9 Å². The van der Waals surface area contributed by atoms with E-state index in [-0.39, 0.29) is 16.8 Å². The molecule has 4 nitrogen and oxygen atoms in total. The fraction of sp³-hybridized carbons (Fsp3) is 0.444. The molecule has 90 valence electrons. The van der Waals surface area contributed by atoms with Crippen molar-refractivity contribution in [2.24, 2.45) is 0 Å². The lowest BCUT2D eigenvalue weighted by Gasteiger charge is -2.13. The molecule has 1 aromatic rings. The first-order chi connectivity index (χ1) is 7.49. The number of sulfonamides is 1. The van der Waals surface area contributed by atoms with Crippen LogP contribution in [0.5, 0.6) is 0 Å². The van der Waals surface area contributed by atoms with Gasteiger partial charge in [0.1, 0.15) is 4.90 Å². The summed E-state index contributed by atoms with van der Waals surface area (Å²) in [7, 11) is -3.53. The number of rotatable bonds is 5. The van der Waals surface area contributed by atoms with Gasteiger partial charge in [-0.3, -0.25) is 4.98 Å². The van der Waals surface area contributed by atoms with Crippen molar-refractivity contribution in [1.29, 1.82) is 0 Å². The van der Waals surface area contributed by atoms with Crippen LogP contribution in [0.3, 0.4) is 0 Å². The van der Waals surface area contributed by atoms with Crippen LogP contribution in [0.1, 0.15) is 13.3 Å². The van der Waals surface area contributed by atoms with Crippen molar-refractivity contribution in [3.63, 3.8) is 0 Å². The van der Waals surface area contributed by atoms with Gasteiger partial charge >= 0.3 is 0 Å². The molecule has 0 aliphatic heterocycles. The number of alkyl halides is 1. The van der Waals surface area contributed by atoms with Gasteiger partial charge in [0.25, 0.3) is 0 Å². The number of nitrogens with zero attached hydrogens (tertiary/aromatic N) is 1. The lowest BCUT2D eigenvalue weighted by molar-refractivity contribution is 0.557. The number of hydrogen-bond donors (Lipinski definition) is 1. The number of pyridine rings is 1. The van der Waals surface area contributed by atoms with Crippen LogP contribution in [0.15, 0.2) is 27.8 Å². The average molecular weight is 328 g/mol. The largest absolute Gasteiger partial charge is 0.262 e. The lowest BCUT2D eigenvalue weighted by atomic mass is 10.3. The monoisotopic (exact) mass is 326 g/mol. The molecule has 1 atom stereocenters. The third kappa shape index (κ3) is 3.69. The Morgan fingerprint density at radius 1 is 1.56 bits per heavy atom. The summed E-state index contributed by atoms with van der Waals surface area (Å²) in [5, 5.41) is 0. The SMILES string of the molecule is CCC(CCl)NS(=O)(=O)c1cncc(Br)c1. The Morgan fingerprint density at radius 3 is 2.75 bits per heavy atom. The summed E-state index contributed by atoms with van der Waals surface area (Å²) in [5.74, 6) is 0.247. The maximum atomic E-state index is 11.9. The molecule has 0 fully saturated rings. The van der Waals surface area contributed by atoms with Crippen molar-refractivity contribution in [2.45, 2.75) is 24.3 Å². The van der Waals surface area contributed by atoms with Crippen molar-refractivity contribution in [2.75, 3.05) is 5.88 Å². The highest BCUT2D eigenvalue weighted by Gasteiger charge is 2.18. The van der Waals surface area contributed by atoms with Gasteiger partial charge in [0.2, 0.25) is 10.0 Å². The van der Waals surface area contributed by atoms with Crippen LogP contribution in [-0.4, -0.2) is 25.3 Å². The molecule has 7 heteroatoms. The van der Waals surface area contributed by atoms with Crippen LogP contribution < -0.4 is 4.72 Å². The number of halogens is 2. The van der Waals surface area contributed by atoms with E-state index < -0.39 is 10.0 Å². The predicted octanol–water partition coefficient (Wildman–Crippen LogP) is 2.14. The second-order valence-corrected chi connectivity index (χ2v) is 6.16. The maximum absolute atomic E-state index is 11.9. The van der Waals surface area contributed by atoms with E-state index in [0.717, 1.165) is 0 Å². The summed E-state index contributed by atoms with van der Waals surface area (Å²) in [6.45, 7) is 1.87. The highest BCUT2D eigenvalue weighted by molar-refractivity contribution is 9.10. The first kappa shape index (κ1) is 13.9. The van der Waals surface area contributed by atoms with Gasteiger partial charge in [0.05, 0.1) is 0 Å². The molecule has 1 unspecified atom stereocenters. The fourth-order valence-corrected chi connectivity index (χ4v) is 3.26. The Kier molecular flexibility index (Phi) is 5.17. The van der Waals surface area contributed by atoms with E-state index in [2.05, 4.69) is 25.6 Å². The van der Waals surface area contributed by atoms with E-state index >= 15 is 0 Å². The molecule has 0 saturated heterocycles. The Balaban J connectivity index is 2.94. The molecular formula is C9H12BrClN2O2S. The van der Waals surface area contributed by atoms with Gasteiger partial charge in [-0.15, -0.1) is 11.6 Å². The lowest BCUT2D eigenvalue weighted by Crippen LogP contribution is -2.35. The van der Waals surface area contributed by atoms with E-state index in [0.29, 0.717) is 10.9 Å². The summed E-state index contributed by atoms with van der Waals surface area (Å²) in [5.41, 5.74) is 0. The molecule has 0 aliphatic carbocycles. The van der Waals surface area contributed by atoms with E-state index in [1.165, 1.54) is 18.5 Å². The van der Waals surface area contributed by atoms with Crippen LogP contribution >= 0.6 is 27.5 Å². The summed E-state index contributed by atoms with van der Waals surface area (Å²) < 4.78 is 26.9. The van der Waals surface area contributed by atoms with Crippen molar-refractivity contribution >= 4 is 37.6 Å². The van der Waals surface area contributed by atoms with Gasteiger partial charge in [0.15, 0.2) is 0 Å². The molecule has 1 rings (SSSR count). The van der Waals surface area contributed by atoms with Crippen molar-refractivity contribution in [3.8, 4) is 0 Å². The molecule has 0 bridgehead atoms. The molecule has 1 N–H and O–H groups in total. The molecule has 0 aliphatic rings. The number of hydrogen-bond acceptors (Lipinski definition) is 3. The van der Waals surface area contributed by atoms with Crippen LogP contribution in [0.25, 0.3) is 0 Å². The van der Waals surface area contributed by atoms with Crippen LogP contribution in [-0.2, 0) is 10.0 Å². The van der Waals surface area contributed by atoms with Gasteiger partial charge in [0, 0.05) is 28.8 Å². The minimum atomic E-state index is -3.53. The zero-order chi connectivity index (χ0) is 12.2. The highest BCUT2D eigenvalue weighted by atomic mass is 79.9. The van der Waals surface area contributed by atoms with Gasteiger partial charge in [-0.1, -0.05) is 6.92 Å². The van der Waals surface area contributed by atoms with E-state index in [4.69, 9.17) is 11.6 Å². The average Bonchev–Trinajstić information content (AvgIpc) is 2.26. The van der Waals surface area contributed by atoms with Crippen LogP contribution in [0.4, 0.5) is 0 Å². The number of nitrogens with one attached hydrogen (secondary N) is 1. The highest BCUT2D eigenvalue weighted by Crippen LogP contribution is 2.14. The standard InChI is InChI=1S/C9H12BrClN2O2S/c1-2-8(4-11)13-16(14,15)9-3-7(10)5-12-6-9/h3,5-6,8,13H,2,4H2,1H3. The topological polar surface area (TPSA) is 59.1 Å². The Bertz CT molecular complexity index is 449. The van der Waals surface area contributed by atoms with Gasteiger partial charge < -0.3 is 0 Å². The first-order valence-corrected chi connectivity index (χ1v) is 7.49. The summed E-state index contributed by atoms with van der Waals surface area (Å²) >= 11 is 8.81. The third-order valence-electron chi connectivity index (χ3n) is 1.99. The molecule has 0 saturated carbocycles. The molecule has 0 amide bonds. The maximum Gasteiger partial charge on any atom is 0.242 e. The summed E-state index contributed by atoms with van der Waals surface area (Å²) in [6, 6.07) is 1.24. The van der Waals surface area contributed by atoms with Crippen LogP contribution in [0, 0.1) is 0 Å². The smallest absolute Gasteiger partial charge is 0.242 e. The van der Waals surface area contributed by atoms with Crippen molar-refractivity contribution in [1.82, 2.24) is 9.71 Å². The molecule has 0 aromatic carbocycles. The molecule has 1 heterocycles. The van der Waals surface area contributed by atoms with Gasteiger partial charge in [-0.05, 0) is 28.4 Å². The minimum absolute atomic E-state index is 0.130. The molecule has 16 heavy (non-hydrogen) atoms. The Labute approximate surface area is 109 Å². The minimum Gasteiger partial charge on any atom is -0.262 e. The quantitative estimate of drug-likeness (QED) is 0.843. The summed E-state index contributed by atoms with van der Waals surface area (Å²) in [4.78, 5) is 3.94.